The molecule has 0 spiro atoms. The second kappa shape index (κ2) is 12.8. The van der Waals surface area contributed by atoms with Crippen molar-refractivity contribution < 1.29 is 9.53 Å². The second-order valence-corrected chi connectivity index (χ2v) is 7.52. The first-order chi connectivity index (χ1) is 14.2. The van der Waals surface area contributed by atoms with Crippen molar-refractivity contribution >= 4 is 41.8 Å². The van der Waals surface area contributed by atoms with E-state index in [4.69, 9.17) is 9.73 Å². The van der Waals surface area contributed by atoms with E-state index in [1.807, 2.05) is 13.1 Å². The maximum atomic E-state index is 11.8. The van der Waals surface area contributed by atoms with Crippen LogP contribution in [0.25, 0.3) is 0 Å². The molecule has 0 aliphatic carbocycles. The number of piperidine rings is 1. The molecule has 2 saturated heterocycles. The Kier molecular flexibility index (Phi) is 10.5. The molecule has 2 aliphatic rings. The Bertz CT molecular complexity index is 671. The summed E-state index contributed by atoms with van der Waals surface area (Å²) in [5, 5.41) is 6.82. The zero-order chi connectivity index (χ0) is 20.5. The first kappa shape index (κ1) is 24.5. The van der Waals surface area contributed by atoms with Crippen molar-refractivity contribution in [2.75, 3.05) is 44.2 Å². The average molecular weight is 530 g/mol. The van der Waals surface area contributed by atoms with Crippen LogP contribution < -0.4 is 15.5 Å². The fraction of sp³-hybridized carbons (Fsp3) is 0.667. The van der Waals surface area contributed by atoms with E-state index in [9.17, 15) is 4.79 Å². The first-order valence-electron chi connectivity index (χ1n) is 10.9. The maximum Gasteiger partial charge on any atom is 0.409 e. The number of aliphatic imine (C=N–C) groups is 1. The molecule has 0 aromatic carbocycles. The van der Waals surface area contributed by atoms with E-state index in [-0.39, 0.29) is 30.1 Å². The number of carbonyl (C=O) groups excluding carboxylic acids is 1. The number of carbonyl (C=O) groups is 1. The van der Waals surface area contributed by atoms with E-state index in [1.54, 1.807) is 4.90 Å². The van der Waals surface area contributed by atoms with Gasteiger partial charge in [-0.15, -0.1) is 24.0 Å². The molecule has 1 aromatic rings. The van der Waals surface area contributed by atoms with Gasteiger partial charge in [-0.25, -0.2) is 14.8 Å². The lowest BCUT2D eigenvalue weighted by molar-refractivity contribution is 0.0963. The van der Waals surface area contributed by atoms with Gasteiger partial charge in [0.15, 0.2) is 5.96 Å². The minimum atomic E-state index is -0.212. The SMILES string of the molecule is CCNC(=NCc1ccc(N2CCCC2)nc1)NC1CCN(C(=O)OCC)CC1.I. The van der Waals surface area contributed by atoms with Crippen LogP contribution in [0.2, 0.25) is 0 Å². The number of pyridine rings is 1. The topological polar surface area (TPSA) is 82.1 Å². The predicted molar refractivity (Wildman–Crippen MR) is 131 cm³/mol. The third-order valence-electron chi connectivity index (χ3n) is 5.36. The number of nitrogens with one attached hydrogen (secondary N) is 2. The van der Waals surface area contributed by atoms with Gasteiger partial charge in [0.05, 0.1) is 13.2 Å². The quantitative estimate of drug-likeness (QED) is 0.335. The van der Waals surface area contributed by atoms with Crippen LogP contribution in [0.4, 0.5) is 10.6 Å². The number of hydrogen-bond donors (Lipinski definition) is 2. The number of likely N-dealkylation sites (tertiary alicyclic amines) is 1. The number of hydrogen-bond acceptors (Lipinski definition) is 5. The summed E-state index contributed by atoms with van der Waals surface area (Å²) in [4.78, 5) is 25.3. The summed E-state index contributed by atoms with van der Waals surface area (Å²) in [6.07, 6.45) is 5.99. The number of rotatable bonds is 6. The molecule has 0 saturated carbocycles. The molecule has 30 heavy (non-hydrogen) atoms. The van der Waals surface area contributed by atoms with E-state index in [1.165, 1.54) is 12.8 Å². The smallest absolute Gasteiger partial charge is 0.409 e. The molecule has 2 N–H and O–H groups in total. The third kappa shape index (κ3) is 7.17. The van der Waals surface area contributed by atoms with Gasteiger partial charge in [-0.3, -0.25) is 0 Å². The molecule has 1 amide bonds. The summed E-state index contributed by atoms with van der Waals surface area (Å²) in [6, 6.07) is 4.52. The first-order valence-corrected chi connectivity index (χ1v) is 10.9. The lowest BCUT2D eigenvalue weighted by Crippen LogP contribution is -2.49. The van der Waals surface area contributed by atoms with Crippen LogP contribution >= 0.6 is 24.0 Å². The summed E-state index contributed by atoms with van der Waals surface area (Å²) in [6.45, 7) is 9.33. The molecule has 2 fully saturated rings. The highest BCUT2D eigenvalue weighted by Crippen LogP contribution is 2.18. The number of aromatic nitrogens is 1. The highest BCUT2D eigenvalue weighted by molar-refractivity contribution is 14.0. The Morgan fingerprint density at radius 3 is 2.53 bits per heavy atom. The summed E-state index contributed by atoms with van der Waals surface area (Å²) in [5.74, 6) is 1.87. The number of ether oxygens (including phenoxy) is 1. The van der Waals surface area contributed by atoms with Crippen LogP contribution in [0, 0.1) is 0 Å². The zero-order valence-corrected chi connectivity index (χ0v) is 20.4. The van der Waals surface area contributed by atoms with Gasteiger partial charge in [0.2, 0.25) is 0 Å². The van der Waals surface area contributed by atoms with Gasteiger partial charge < -0.3 is 25.2 Å². The Hall–Kier alpha value is -1.78. The molecule has 0 atom stereocenters. The van der Waals surface area contributed by atoms with Gasteiger partial charge in [0.25, 0.3) is 0 Å². The second-order valence-electron chi connectivity index (χ2n) is 7.52. The monoisotopic (exact) mass is 530 g/mol. The molecule has 3 rings (SSSR count). The van der Waals surface area contributed by atoms with E-state index >= 15 is 0 Å². The molecule has 0 bridgehead atoms. The van der Waals surface area contributed by atoms with Crippen molar-refractivity contribution in [3.05, 3.63) is 23.9 Å². The standard InChI is InChI=1S/C21H34N6O2.HI/c1-3-22-20(25-18-9-13-27(14-10-18)21(28)29-4-2)24-16-17-7-8-19(23-15-17)26-11-5-6-12-26;/h7-8,15,18H,3-6,9-14,16H2,1-2H3,(H2,22,24,25);1H. The molecule has 0 unspecified atom stereocenters. The van der Waals surface area contributed by atoms with Crippen LogP contribution in [0.15, 0.2) is 23.3 Å². The molecule has 0 radical (unpaired) electrons. The van der Waals surface area contributed by atoms with Gasteiger partial charge in [0, 0.05) is 45.0 Å². The minimum Gasteiger partial charge on any atom is -0.450 e. The molecule has 1 aromatic heterocycles. The minimum absolute atomic E-state index is 0. The molecule has 168 valence electrons. The summed E-state index contributed by atoms with van der Waals surface area (Å²) < 4.78 is 5.09. The fourth-order valence-electron chi connectivity index (χ4n) is 3.75. The molecule has 2 aliphatic heterocycles. The zero-order valence-electron chi connectivity index (χ0n) is 18.1. The molecule has 8 nitrogen and oxygen atoms in total. The van der Waals surface area contributed by atoms with Crippen molar-refractivity contribution in [2.45, 2.75) is 52.1 Å². The van der Waals surface area contributed by atoms with Crippen LogP contribution in [0.1, 0.15) is 45.1 Å². The van der Waals surface area contributed by atoms with Gasteiger partial charge in [-0.1, -0.05) is 6.07 Å². The predicted octanol–water partition coefficient (Wildman–Crippen LogP) is 2.98. The van der Waals surface area contributed by atoms with Crippen molar-refractivity contribution in [3.63, 3.8) is 0 Å². The van der Waals surface area contributed by atoms with Gasteiger partial charge in [0.1, 0.15) is 5.82 Å². The Labute approximate surface area is 196 Å². The van der Waals surface area contributed by atoms with Gasteiger partial charge >= 0.3 is 6.09 Å². The summed E-state index contributed by atoms with van der Waals surface area (Å²) in [7, 11) is 0. The largest absolute Gasteiger partial charge is 0.450 e. The number of nitrogens with zero attached hydrogens (tertiary/aromatic N) is 4. The summed E-state index contributed by atoms with van der Waals surface area (Å²) >= 11 is 0. The van der Waals surface area contributed by atoms with Crippen molar-refractivity contribution in [1.29, 1.82) is 0 Å². The van der Waals surface area contributed by atoms with E-state index in [0.717, 1.165) is 49.8 Å². The Morgan fingerprint density at radius 1 is 1.20 bits per heavy atom. The van der Waals surface area contributed by atoms with Crippen molar-refractivity contribution in [2.24, 2.45) is 4.99 Å². The normalized spacial score (nSPS) is 17.5. The molecule has 3 heterocycles. The fourth-order valence-corrected chi connectivity index (χ4v) is 3.75. The van der Waals surface area contributed by atoms with Crippen LogP contribution in [0.5, 0.6) is 0 Å². The highest BCUT2D eigenvalue weighted by Gasteiger charge is 2.24. The lowest BCUT2D eigenvalue weighted by Gasteiger charge is -2.32. The number of guanidine groups is 1. The number of amides is 1. The average Bonchev–Trinajstić information content (AvgIpc) is 3.28. The number of anilines is 1. The highest BCUT2D eigenvalue weighted by atomic mass is 127. The number of halogens is 1. The van der Waals surface area contributed by atoms with Crippen LogP contribution in [-0.2, 0) is 11.3 Å². The van der Waals surface area contributed by atoms with Gasteiger partial charge in [-0.05, 0) is 51.2 Å². The summed E-state index contributed by atoms with van der Waals surface area (Å²) in [5.41, 5.74) is 1.10. The maximum absolute atomic E-state index is 11.8. The van der Waals surface area contributed by atoms with E-state index in [2.05, 4.69) is 39.6 Å². The van der Waals surface area contributed by atoms with E-state index in [0.29, 0.717) is 32.3 Å². The van der Waals surface area contributed by atoms with Crippen LogP contribution in [-0.4, -0.2) is 67.3 Å². The van der Waals surface area contributed by atoms with E-state index < -0.39 is 0 Å². The molecule has 9 heteroatoms. The Morgan fingerprint density at radius 2 is 1.93 bits per heavy atom. The van der Waals surface area contributed by atoms with Gasteiger partial charge in [-0.2, -0.15) is 0 Å². The third-order valence-corrected chi connectivity index (χ3v) is 5.36. The molecular weight excluding hydrogens is 495 g/mol. The Balaban J connectivity index is 0.00000320. The van der Waals surface area contributed by atoms with Crippen molar-refractivity contribution in [3.8, 4) is 0 Å². The van der Waals surface area contributed by atoms with Crippen LogP contribution in [0.3, 0.4) is 0 Å². The van der Waals surface area contributed by atoms with Crippen molar-refractivity contribution in [1.82, 2.24) is 20.5 Å². The molecular formula is C21H35IN6O2. The lowest BCUT2D eigenvalue weighted by atomic mass is 10.1.